The van der Waals surface area contributed by atoms with E-state index >= 15 is 0 Å². The zero-order valence-electron chi connectivity index (χ0n) is 26.4. The average molecular weight is 557 g/mol. The van der Waals surface area contributed by atoms with Crippen LogP contribution in [-0.2, 0) is 28.6 Å². The normalized spacial score (nSPS) is 45.7. The van der Waals surface area contributed by atoms with E-state index < -0.39 is 17.8 Å². The Morgan fingerprint density at radius 2 is 1.60 bits per heavy atom. The molecular weight excluding hydrogens is 504 g/mol. The smallest absolute Gasteiger partial charge is 0.303 e. The van der Waals surface area contributed by atoms with Crippen molar-refractivity contribution < 1.29 is 28.6 Å². The Hall–Kier alpha value is -1.69. The maximum absolute atomic E-state index is 12.9. The molecule has 0 aromatic carbocycles. The Kier molecular flexibility index (Phi) is 7.20. The summed E-state index contributed by atoms with van der Waals surface area (Å²) < 4.78 is 18.1. The van der Waals surface area contributed by atoms with Crippen LogP contribution >= 0.6 is 0 Å². The average Bonchev–Trinajstić information content (AvgIpc) is 3.06. The summed E-state index contributed by atoms with van der Waals surface area (Å²) in [4.78, 5) is 37.2. The minimum absolute atomic E-state index is 0.0915. The summed E-state index contributed by atoms with van der Waals surface area (Å²) in [6.07, 6.45) is 9.28. The molecule has 5 rings (SSSR count). The number of hydrogen-bond donors (Lipinski definition) is 0. The molecular formula is C34H52O6. The van der Waals surface area contributed by atoms with E-state index in [1.54, 1.807) is 5.57 Å². The number of rotatable bonds is 3. The molecule has 0 aromatic heterocycles. The van der Waals surface area contributed by atoms with Gasteiger partial charge in [-0.15, -0.1) is 0 Å². The van der Waals surface area contributed by atoms with Crippen LogP contribution in [0.4, 0.5) is 0 Å². The highest BCUT2D eigenvalue weighted by Crippen LogP contribution is 2.73. The molecule has 0 bridgehead atoms. The van der Waals surface area contributed by atoms with Crippen molar-refractivity contribution in [2.45, 2.75) is 131 Å². The molecule has 0 amide bonds. The van der Waals surface area contributed by atoms with Gasteiger partial charge >= 0.3 is 11.9 Å². The Morgan fingerprint density at radius 3 is 2.25 bits per heavy atom. The van der Waals surface area contributed by atoms with E-state index in [9.17, 15) is 14.4 Å². The molecule has 6 heteroatoms. The lowest BCUT2D eigenvalue weighted by atomic mass is 9.41. The molecule has 6 nitrogen and oxygen atoms in total. The zero-order valence-corrected chi connectivity index (χ0v) is 26.4. The SMILES string of the molecule is CC(=O)O[C@@H]1C[C@@H]([C@@H]2CC[C@]3(C)C4=CC[C@H]5C(C)(C)C(=O)CC[C@]5(C)[C@H]4CC[C@@]23C)COC(C)(C)[C@H]1OC(C)=O. The number of Topliss-reactive ketones (excluding diaryl/α,β-unsaturated/α-hetero) is 1. The number of allylic oxidation sites excluding steroid dienone is 2. The Labute approximate surface area is 241 Å². The van der Waals surface area contributed by atoms with Crippen LogP contribution in [0.3, 0.4) is 0 Å². The first kappa shape index (κ1) is 29.8. The Balaban J connectivity index is 1.46. The number of hydrogen-bond acceptors (Lipinski definition) is 6. The molecule has 0 unspecified atom stereocenters. The van der Waals surface area contributed by atoms with Crippen LogP contribution in [0, 0.1) is 45.3 Å². The molecule has 0 N–H and O–H groups in total. The van der Waals surface area contributed by atoms with Crippen LogP contribution in [0.15, 0.2) is 11.6 Å². The van der Waals surface area contributed by atoms with Crippen molar-refractivity contribution in [1.82, 2.24) is 0 Å². The molecule has 0 aromatic rings. The van der Waals surface area contributed by atoms with Gasteiger partial charge in [0.05, 0.1) is 6.61 Å². The molecule has 4 aliphatic carbocycles. The van der Waals surface area contributed by atoms with Gasteiger partial charge in [0.15, 0.2) is 6.10 Å². The first-order valence-corrected chi connectivity index (χ1v) is 15.7. The predicted molar refractivity (Wildman–Crippen MR) is 153 cm³/mol. The topological polar surface area (TPSA) is 78.9 Å². The molecule has 224 valence electrons. The van der Waals surface area contributed by atoms with E-state index in [0.29, 0.717) is 43.0 Å². The van der Waals surface area contributed by atoms with Crippen molar-refractivity contribution in [2.75, 3.05) is 6.61 Å². The van der Waals surface area contributed by atoms with Gasteiger partial charge in [0.25, 0.3) is 0 Å². The molecule has 0 spiro atoms. The van der Waals surface area contributed by atoms with Crippen LogP contribution in [0.5, 0.6) is 0 Å². The minimum atomic E-state index is -0.762. The second-order valence-corrected chi connectivity index (χ2v) is 15.7. The first-order chi connectivity index (χ1) is 18.5. The van der Waals surface area contributed by atoms with Crippen LogP contribution in [0.1, 0.15) is 114 Å². The van der Waals surface area contributed by atoms with Gasteiger partial charge < -0.3 is 14.2 Å². The Morgan fingerprint density at radius 1 is 0.925 bits per heavy atom. The highest BCUT2D eigenvalue weighted by molar-refractivity contribution is 5.85. The lowest BCUT2D eigenvalue weighted by Gasteiger charge is -2.63. The van der Waals surface area contributed by atoms with Gasteiger partial charge in [0.1, 0.15) is 17.5 Å². The van der Waals surface area contributed by atoms with E-state index in [1.807, 2.05) is 13.8 Å². The summed E-state index contributed by atoms with van der Waals surface area (Å²) >= 11 is 0. The number of carbonyl (C=O) groups excluding carboxylic acids is 3. The number of ether oxygens (including phenoxy) is 3. The summed E-state index contributed by atoms with van der Waals surface area (Å²) in [5, 5.41) is 0. The van der Waals surface area contributed by atoms with Crippen LogP contribution in [-0.4, -0.2) is 42.1 Å². The lowest BCUT2D eigenvalue weighted by molar-refractivity contribution is -0.187. The van der Waals surface area contributed by atoms with E-state index in [4.69, 9.17) is 14.2 Å². The molecule has 0 radical (unpaired) electrons. The third kappa shape index (κ3) is 4.32. The fourth-order valence-corrected chi connectivity index (χ4v) is 10.7. The lowest BCUT2D eigenvalue weighted by Crippen LogP contribution is -2.57. The fourth-order valence-electron chi connectivity index (χ4n) is 10.7. The summed E-state index contributed by atoms with van der Waals surface area (Å²) in [5.74, 6) is 1.24. The van der Waals surface area contributed by atoms with E-state index in [-0.39, 0.29) is 39.5 Å². The first-order valence-electron chi connectivity index (χ1n) is 15.7. The van der Waals surface area contributed by atoms with Crippen LogP contribution in [0.25, 0.3) is 0 Å². The third-order valence-corrected chi connectivity index (χ3v) is 13.1. The standard InChI is InChI=1S/C34H52O6/c1-20(35)39-26-18-22(19-38-31(5,6)29(26)40-21(2)36)23-12-16-34(9)25-10-11-27-30(3,4)28(37)14-15-32(27,7)24(25)13-17-33(23,34)8/h10,22-24,26-27,29H,11-19H2,1-9H3/t22-,23+,24+,26-,27+,29+,32-,33+,34-/m1/s1. The predicted octanol–water partition coefficient (Wildman–Crippen LogP) is 6.84. The summed E-state index contributed by atoms with van der Waals surface area (Å²) in [5.41, 5.74) is 0.979. The van der Waals surface area contributed by atoms with E-state index in [2.05, 4.69) is 40.7 Å². The van der Waals surface area contributed by atoms with E-state index in [0.717, 1.165) is 38.5 Å². The minimum Gasteiger partial charge on any atom is -0.458 e. The van der Waals surface area contributed by atoms with Crippen molar-refractivity contribution in [3.63, 3.8) is 0 Å². The van der Waals surface area contributed by atoms with Crippen molar-refractivity contribution in [1.29, 1.82) is 0 Å². The van der Waals surface area contributed by atoms with Gasteiger partial charge in [0, 0.05) is 25.7 Å². The van der Waals surface area contributed by atoms with Crippen LogP contribution < -0.4 is 0 Å². The van der Waals surface area contributed by atoms with Crippen molar-refractivity contribution in [3.8, 4) is 0 Å². The van der Waals surface area contributed by atoms with Crippen molar-refractivity contribution in [2.24, 2.45) is 45.3 Å². The molecule has 40 heavy (non-hydrogen) atoms. The van der Waals surface area contributed by atoms with Gasteiger partial charge in [-0.25, -0.2) is 0 Å². The van der Waals surface area contributed by atoms with E-state index in [1.165, 1.54) is 13.8 Å². The molecule has 1 heterocycles. The quantitative estimate of drug-likeness (QED) is 0.280. The van der Waals surface area contributed by atoms with Gasteiger partial charge in [-0.3, -0.25) is 14.4 Å². The third-order valence-electron chi connectivity index (χ3n) is 13.1. The summed E-state index contributed by atoms with van der Waals surface area (Å²) in [6, 6.07) is 0. The molecule has 1 aliphatic heterocycles. The number of ketones is 1. The second kappa shape index (κ2) is 9.67. The Bertz CT molecular complexity index is 1100. The molecule has 9 atom stereocenters. The molecule has 3 saturated carbocycles. The zero-order chi connectivity index (χ0) is 29.5. The fraction of sp³-hybridized carbons (Fsp3) is 0.853. The molecule has 4 fully saturated rings. The second-order valence-electron chi connectivity index (χ2n) is 15.7. The number of esters is 2. The summed E-state index contributed by atoms with van der Waals surface area (Å²) in [6.45, 7) is 19.1. The molecule has 1 saturated heterocycles. The maximum atomic E-state index is 12.9. The number of fused-ring (bicyclic) bond motifs is 5. The highest BCUT2D eigenvalue weighted by atomic mass is 16.6. The van der Waals surface area contributed by atoms with Gasteiger partial charge in [-0.05, 0) is 98.7 Å². The molecule has 5 aliphatic rings. The van der Waals surface area contributed by atoms with Crippen molar-refractivity contribution in [3.05, 3.63) is 11.6 Å². The maximum Gasteiger partial charge on any atom is 0.303 e. The van der Waals surface area contributed by atoms with Gasteiger partial charge in [-0.1, -0.05) is 46.3 Å². The van der Waals surface area contributed by atoms with Gasteiger partial charge in [-0.2, -0.15) is 0 Å². The highest BCUT2D eigenvalue weighted by Gasteiger charge is 2.66. The monoisotopic (exact) mass is 556 g/mol. The summed E-state index contributed by atoms with van der Waals surface area (Å²) in [7, 11) is 0. The van der Waals surface area contributed by atoms with Crippen LogP contribution in [0.2, 0.25) is 0 Å². The number of carbonyl (C=O) groups is 3. The largest absolute Gasteiger partial charge is 0.458 e. The van der Waals surface area contributed by atoms with Gasteiger partial charge in [0.2, 0.25) is 0 Å². The van der Waals surface area contributed by atoms with Crippen molar-refractivity contribution >= 4 is 17.7 Å².